The second-order valence-corrected chi connectivity index (χ2v) is 12.8. The molecule has 9 heteroatoms. The minimum atomic E-state index is -0.697. The molecule has 254 valence electrons. The fourth-order valence-corrected chi connectivity index (χ4v) is 7.26. The van der Waals surface area contributed by atoms with Gasteiger partial charge in [-0.15, -0.1) is 0 Å². The SMILES string of the molecule is Oc1ccc(C=Cc2cc(O)cc3c2C(c2cc(O)c4c(c2)C(c2cc(O)cc(O)c2)C(c2ccc(O)cc2)O4)C(c2cccc(O)c2)O3)cc1. The Morgan fingerprint density at radius 2 is 1.08 bits per heavy atom. The van der Waals surface area contributed by atoms with Crippen molar-refractivity contribution in [3.8, 4) is 51.7 Å². The Morgan fingerprint density at radius 1 is 0.451 bits per heavy atom. The van der Waals surface area contributed by atoms with Gasteiger partial charge >= 0.3 is 0 Å². The lowest BCUT2D eigenvalue weighted by molar-refractivity contribution is 0.214. The van der Waals surface area contributed by atoms with E-state index in [-0.39, 0.29) is 46.0 Å². The van der Waals surface area contributed by atoms with Crippen LogP contribution in [-0.4, -0.2) is 35.7 Å². The predicted molar refractivity (Wildman–Crippen MR) is 190 cm³/mol. The van der Waals surface area contributed by atoms with Crippen LogP contribution < -0.4 is 9.47 Å². The minimum Gasteiger partial charge on any atom is -0.508 e. The maximum atomic E-state index is 11.7. The molecule has 2 heterocycles. The Kier molecular flexibility index (Phi) is 7.60. The second kappa shape index (κ2) is 12.3. The van der Waals surface area contributed by atoms with Gasteiger partial charge in [0.2, 0.25) is 0 Å². The molecule has 0 saturated carbocycles. The molecule has 0 aliphatic carbocycles. The summed E-state index contributed by atoms with van der Waals surface area (Å²) in [6, 6.07) is 31.0. The van der Waals surface area contributed by atoms with E-state index in [1.807, 2.05) is 24.3 Å². The fraction of sp³-hybridized carbons (Fsp3) is 0.0952. The first-order valence-corrected chi connectivity index (χ1v) is 16.3. The standard InChI is InChI=1S/C42H32O9/c43-28-10-5-22(6-11-28)4-7-24-14-33(48)21-36-38(24)39(41(50-36)25-2-1-3-30(45)15-25)27-18-34-37(26-16-31(46)20-32(47)17-26)40(51-42(34)35(49)19-27)23-8-12-29(44)13-9-23/h1-21,37,39-41,43-49H. The number of hydrogen-bond acceptors (Lipinski definition) is 9. The van der Waals surface area contributed by atoms with Gasteiger partial charge in [-0.1, -0.05) is 54.6 Å². The number of benzene rings is 6. The molecule has 7 N–H and O–H groups in total. The molecule has 2 aliphatic rings. The third kappa shape index (κ3) is 5.84. The van der Waals surface area contributed by atoms with Gasteiger partial charge in [-0.3, -0.25) is 0 Å². The van der Waals surface area contributed by atoms with Crippen molar-refractivity contribution >= 4 is 12.2 Å². The topological polar surface area (TPSA) is 160 Å². The zero-order chi connectivity index (χ0) is 35.4. The Balaban J connectivity index is 1.32. The zero-order valence-corrected chi connectivity index (χ0v) is 26.9. The van der Waals surface area contributed by atoms with E-state index < -0.39 is 24.0 Å². The van der Waals surface area contributed by atoms with Gasteiger partial charge in [-0.05, 0) is 94.0 Å². The second-order valence-electron chi connectivity index (χ2n) is 12.8. The summed E-state index contributed by atoms with van der Waals surface area (Å²) in [5, 5.41) is 73.7. The van der Waals surface area contributed by atoms with Crippen molar-refractivity contribution in [1.82, 2.24) is 0 Å². The van der Waals surface area contributed by atoms with Crippen LogP contribution in [0, 0.1) is 0 Å². The summed E-state index contributed by atoms with van der Waals surface area (Å²) >= 11 is 0. The van der Waals surface area contributed by atoms with Crippen LogP contribution >= 0.6 is 0 Å². The van der Waals surface area contributed by atoms with Crippen LogP contribution in [0.25, 0.3) is 12.2 Å². The number of aromatic hydroxyl groups is 7. The summed E-state index contributed by atoms with van der Waals surface area (Å²) < 4.78 is 13.0. The maximum absolute atomic E-state index is 11.7. The Morgan fingerprint density at radius 3 is 1.78 bits per heavy atom. The van der Waals surface area contributed by atoms with Gasteiger partial charge in [-0.25, -0.2) is 0 Å². The lowest BCUT2D eigenvalue weighted by Gasteiger charge is -2.23. The third-order valence-electron chi connectivity index (χ3n) is 9.44. The van der Waals surface area contributed by atoms with Crippen LogP contribution in [-0.2, 0) is 0 Å². The normalized spacial score (nSPS) is 19.0. The van der Waals surface area contributed by atoms with Crippen molar-refractivity contribution < 1.29 is 45.2 Å². The van der Waals surface area contributed by atoms with Crippen LogP contribution in [0.15, 0.2) is 115 Å². The average molecular weight is 681 g/mol. The number of fused-ring (bicyclic) bond motifs is 2. The van der Waals surface area contributed by atoms with E-state index in [9.17, 15) is 35.7 Å². The van der Waals surface area contributed by atoms with Crippen molar-refractivity contribution in [2.75, 3.05) is 0 Å². The highest BCUT2D eigenvalue weighted by Crippen LogP contribution is 2.58. The number of ether oxygens (including phenoxy) is 2. The number of phenols is 7. The smallest absolute Gasteiger partial charge is 0.165 e. The first-order valence-electron chi connectivity index (χ1n) is 16.3. The summed E-state index contributed by atoms with van der Waals surface area (Å²) in [7, 11) is 0. The molecule has 8 rings (SSSR count). The van der Waals surface area contributed by atoms with Gasteiger partial charge in [0.1, 0.15) is 52.5 Å². The van der Waals surface area contributed by atoms with Crippen LogP contribution in [0.5, 0.6) is 51.7 Å². The summed E-state index contributed by atoms with van der Waals surface area (Å²) in [5.41, 5.74) is 5.34. The molecule has 0 spiro atoms. The van der Waals surface area contributed by atoms with E-state index in [1.165, 1.54) is 6.07 Å². The molecule has 0 radical (unpaired) electrons. The van der Waals surface area contributed by atoms with E-state index >= 15 is 0 Å². The fourth-order valence-electron chi connectivity index (χ4n) is 7.26. The Bertz CT molecular complexity index is 2290. The molecule has 6 aromatic rings. The number of phenolic OH excluding ortho intramolecular Hbond substituents is 7. The zero-order valence-electron chi connectivity index (χ0n) is 26.9. The molecular weight excluding hydrogens is 648 g/mol. The number of hydrogen-bond donors (Lipinski definition) is 7. The molecular formula is C42H32O9. The first kappa shape index (κ1) is 31.5. The molecule has 2 aliphatic heterocycles. The summed E-state index contributed by atoms with van der Waals surface area (Å²) in [4.78, 5) is 0. The van der Waals surface area contributed by atoms with Crippen molar-refractivity contribution in [3.05, 3.63) is 160 Å². The van der Waals surface area contributed by atoms with Crippen molar-refractivity contribution in [2.24, 2.45) is 0 Å². The highest BCUT2D eigenvalue weighted by atomic mass is 16.5. The van der Waals surface area contributed by atoms with E-state index in [1.54, 1.807) is 97.1 Å². The van der Waals surface area contributed by atoms with Crippen molar-refractivity contribution in [3.63, 3.8) is 0 Å². The van der Waals surface area contributed by atoms with Gasteiger partial charge in [0.05, 0.1) is 11.8 Å². The van der Waals surface area contributed by atoms with Gasteiger partial charge in [0.15, 0.2) is 11.5 Å². The largest absolute Gasteiger partial charge is 0.508 e. The number of rotatable bonds is 6. The molecule has 0 saturated heterocycles. The molecule has 0 amide bonds. The molecule has 4 unspecified atom stereocenters. The van der Waals surface area contributed by atoms with Gasteiger partial charge in [0, 0.05) is 23.3 Å². The first-order chi connectivity index (χ1) is 24.6. The van der Waals surface area contributed by atoms with Gasteiger partial charge < -0.3 is 45.2 Å². The van der Waals surface area contributed by atoms with Crippen LogP contribution in [0.3, 0.4) is 0 Å². The molecule has 0 aromatic heterocycles. The summed E-state index contributed by atoms with van der Waals surface area (Å²) in [6.07, 6.45) is 2.32. The summed E-state index contributed by atoms with van der Waals surface area (Å²) in [5.74, 6) is -0.696. The van der Waals surface area contributed by atoms with Crippen molar-refractivity contribution in [1.29, 1.82) is 0 Å². The molecule has 0 bridgehead atoms. The quantitative estimate of drug-likeness (QED) is 0.0858. The molecule has 0 fully saturated rings. The predicted octanol–water partition coefficient (Wildman–Crippen LogP) is 8.33. The Hall–Kier alpha value is -6.74. The van der Waals surface area contributed by atoms with Crippen molar-refractivity contribution in [2.45, 2.75) is 24.0 Å². The monoisotopic (exact) mass is 680 g/mol. The molecule has 51 heavy (non-hydrogen) atoms. The Labute approximate surface area is 292 Å². The van der Waals surface area contributed by atoms with E-state index in [4.69, 9.17) is 9.47 Å². The molecule has 9 nitrogen and oxygen atoms in total. The lowest BCUT2D eigenvalue weighted by atomic mass is 9.79. The maximum Gasteiger partial charge on any atom is 0.165 e. The van der Waals surface area contributed by atoms with E-state index in [0.29, 0.717) is 39.1 Å². The van der Waals surface area contributed by atoms with Crippen LogP contribution in [0.2, 0.25) is 0 Å². The van der Waals surface area contributed by atoms with Crippen LogP contribution in [0.1, 0.15) is 68.6 Å². The van der Waals surface area contributed by atoms with Gasteiger partial charge in [-0.2, -0.15) is 0 Å². The van der Waals surface area contributed by atoms with E-state index in [2.05, 4.69) is 0 Å². The van der Waals surface area contributed by atoms with Gasteiger partial charge in [0.25, 0.3) is 0 Å². The highest BCUT2D eigenvalue weighted by molar-refractivity contribution is 5.76. The minimum absolute atomic E-state index is 0.0138. The van der Waals surface area contributed by atoms with E-state index in [0.717, 1.165) is 11.1 Å². The summed E-state index contributed by atoms with van der Waals surface area (Å²) in [6.45, 7) is 0. The average Bonchev–Trinajstić information content (AvgIpc) is 3.67. The third-order valence-corrected chi connectivity index (χ3v) is 9.44. The molecule has 4 atom stereocenters. The molecule has 6 aromatic carbocycles. The van der Waals surface area contributed by atoms with Crippen LogP contribution in [0.4, 0.5) is 0 Å². The lowest BCUT2D eigenvalue weighted by Crippen LogP contribution is -2.13. The highest BCUT2D eigenvalue weighted by Gasteiger charge is 2.43.